The van der Waals surface area contributed by atoms with Crippen molar-refractivity contribution >= 4 is 0 Å². The Hall–Kier alpha value is -0.960. The Morgan fingerprint density at radius 2 is 1.84 bits per heavy atom. The molecule has 1 N–H and O–H groups in total. The minimum atomic E-state index is 0.630. The molecule has 0 bridgehead atoms. The summed E-state index contributed by atoms with van der Waals surface area (Å²) in [5, 5.41) is 3.41. The molecule has 0 saturated heterocycles. The van der Waals surface area contributed by atoms with Crippen LogP contribution in [0.3, 0.4) is 0 Å². The van der Waals surface area contributed by atoms with E-state index in [9.17, 15) is 0 Å². The van der Waals surface area contributed by atoms with E-state index in [0.717, 1.165) is 25.3 Å². The molecule has 0 aliphatic heterocycles. The van der Waals surface area contributed by atoms with Crippen LogP contribution in [0, 0.1) is 19.8 Å². The summed E-state index contributed by atoms with van der Waals surface area (Å²) < 4.78 is 0. The molecule has 3 heteroatoms. The van der Waals surface area contributed by atoms with E-state index in [0.29, 0.717) is 11.8 Å². The first-order valence-electron chi connectivity index (χ1n) is 7.66. The van der Waals surface area contributed by atoms with Crippen LogP contribution in [0.2, 0.25) is 0 Å². The van der Waals surface area contributed by atoms with E-state index in [4.69, 9.17) is 9.97 Å². The van der Waals surface area contributed by atoms with Crippen LogP contribution in [0.1, 0.15) is 61.8 Å². The molecule has 1 saturated carbocycles. The largest absolute Gasteiger partial charge is 0.317 e. The molecule has 1 aromatic rings. The van der Waals surface area contributed by atoms with Gasteiger partial charge in [0.2, 0.25) is 0 Å². The van der Waals surface area contributed by atoms with E-state index >= 15 is 0 Å². The van der Waals surface area contributed by atoms with Crippen LogP contribution < -0.4 is 5.32 Å². The first-order chi connectivity index (χ1) is 9.11. The summed E-state index contributed by atoms with van der Waals surface area (Å²) >= 11 is 0. The van der Waals surface area contributed by atoms with E-state index < -0.39 is 0 Å². The van der Waals surface area contributed by atoms with Gasteiger partial charge < -0.3 is 5.32 Å². The second kappa shape index (κ2) is 6.47. The number of aryl methyl sites for hydroxylation is 2. The molecule has 3 nitrogen and oxygen atoms in total. The minimum Gasteiger partial charge on any atom is -0.317 e. The van der Waals surface area contributed by atoms with E-state index in [1.54, 1.807) is 0 Å². The van der Waals surface area contributed by atoms with E-state index in [1.807, 2.05) is 0 Å². The SMILES string of the molecule is CCNCC(C)Cc1c(C)nc(C2CCC2)nc1C. The van der Waals surface area contributed by atoms with Gasteiger partial charge in [-0.1, -0.05) is 20.3 Å². The second-order valence-electron chi connectivity index (χ2n) is 5.98. The summed E-state index contributed by atoms with van der Waals surface area (Å²) in [4.78, 5) is 9.52. The van der Waals surface area contributed by atoms with Crippen LogP contribution in [0.4, 0.5) is 0 Å². The van der Waals surface area contributed by atoms with Crippen molar-refractivity contribution in [2.45, 2.75) is 59.3 Å². The molecule has 0 amide bonds. The Labute approximate surface area is 117 Å². The lowest BCUT2D eigenvalue weighted by Gasteiger charge is -2.25. The quantitative estimate of drug-likeness (QED) is 0.855. The molecule has 1 atom stereocenters. The number of nitrogens with zero attached hydrogens (tertiary/aromatic N) is 2. The van der Waals surface area contributed by atoms with Gasteiger partial charge in [-0.15, -0.1) is 0 Å². The lowest BCUT2D eigenvalue weighted by atomic mass is 9.84. The molecule has 0 aromatic carbocycles. The highest BCUT2D eigenvalue weighted by molar-refractivity contribution is 5.26. The summed E-state index contributed by atoms with van der Waals surface area (Å²) in [7, 11) is 0. The van der Waals surface area contributed by atoms with Gasteiger partial charge in [0.05, 0.1) is 0 Å². The van der Waals surface area contributed by atoms with Crippen LogP contribution in [0.25, 0.3) is 0 Å². The molecule has 1 aliphatic rings. The summed E-state index contributed by atoms with van der Waals surface area (Å²) in [6.07, 6.45) is 4.97. The van der Waals surface area contributed by atoms with Gasteiger partial charge >= 0.3 is 0 Å². The van der Waals surface area contributed by atoms with E-state index in [2.05, 4.69) is 33.0 Å². The lowest BCUT2D eigenvalue weighted by Crippen LogP contribution is -2.23. The van der Waals surface area contributed by atoms with Crippen molar-refractivity contribution in [1.82, 2.24) is 15.3 Å². The third-order valence-corrected chi connectivity index (χ3v) is 4.20. The summed E-state index contributed by atoms with van der Waals surface area (Å²) in [5.74, 6) is 2.35. The number of aromatic nitrogens is 2. The van der Waals surface area contributed by atoms with Crippen LogP contribution >= 0.6 is 0 Å². The van der Waals surface area contributed by atoms with Crippen LogP contribution in [0.15, 0.2) is 0 Å². The number of hydrogen-bond donors (Lipinski definition) is 1. The van der Waals surface area contributed by atoms with Crippen molar-refractivity contribution in [3.63, 3.8) is 0 Å². The Kier molecular flexibility index (Phi) is 4.92. The topological polar surface area (TPSA) is 37.8 Å². The predicted octanol–water partition coefficient (Wildman–Crippen LogP) is 3.15. The highest BCUT2D eigenvalue weighted by Crippen LogP contribution is 2.34. The molecule has 2 rings (SSSR count). The predicted molar refractivity (Wildman–Crippen MR) is 79.5 cm³/mol. The zero-order valence-electron chi connectivity index (χ0n) is 12.8. The number of nitrogens with one attached hydrogen (secondary N) is 1. The fourth-order valence-corrected chi connectivity index (χ4v) is 2.72. The molecule has 1 aliphatic carbocycles. The molecule has 0 radical (unpaired) electrons. The monoisotopic (exact) mass is 261 g/mol. The van der Waals surface area contributed by atoms with Crippen LogP contribution in [0.5, 0.6) is 0 Å². The molecule has 19 heavy (non-hydrogen) atoms. The number of hydrogen-bond acceptors (Lipinski definition) is 3. The molecule has 1 fully saturated rings. The first kappa shape index (κ1) is 14.4. The average Bonchev–Trinajstić information content (AvgIpc) is 2.29. The molecule has 1 aromatic heterocycles. The Morgan fingerprint density at radius 3 is 2.32 bits per heavy atom. The molecule has 106 valence electrons. The molecule has 1 unspecified atom stereocenters. The van der Waals surface area contributed by atoms with Gasteiger partial charge in [-0.3, -0.25) is 0 Å². The summed E-state index contributed by atoms with van der Waals surface area (Å²) in [6.45, 7) is 10.8. The zero-order chi connectivity index (χ0) is 13.8. The van der Waals surface area contributed by atoms with Gasteiger partial charge in [-0.05, 0) is 57.7 Å². The molecular weight excluding hydrogens is 234 g/mol. The fraction of sp³-hybridized carbons (Fsp3) is 0.750. The maximum Gasteiger partial charge on any atom is 0.131 e. The third-order valence-electron chi connectivity index (χ3n) is 4.20. The summed E-state index contributed by atoms with van der Waals surface area (Å²) in [5.41, 5.74) is 3.74. The minimum absolute atomic E-state index is 0.630. The van der Waals surface area contributed by atoms with Crippen molar-refractivity contribution in [2.24, 2.45) is 5.92 Å². The second-order valence-corrected chi connectivity index (χ2v) is 5.98. The lowest BCUT2D eigenvalue weighted by molar-refractivity contribution is 0.399. The van der Waals surface area contributed by atoms with Crippen molar-refractivity contribution < 1.29 is 0 Å². The van der Waals surface area contributed by atoms with Crippen LogP contribution in [-0.4, -0.2) is 23.1 Å². The maximum atomic E-state index is 4.76. The van der Waals surface area contributed by atoms with E-state index in [-0.39, 0.29) is 0 Å². The fourth-order valence-electron chi connectivity index (χ4n) is 2.72. The van der Waals surface area contributed by atoms with Crippen molar-refractivity contribution in [3.05, 3.63) is 22.8 Å². The Bertz CT molecular complexity index is 401. The molecular formula is C16H27N3. The van der Waals surface area contributed by atoms with E-state index in [1.165, 1.54) is 36.2 Å². The highest BCUT2D eigenvalue weighted by Gasteiger charge is 2.23. The van der Waals surface area contributed by atoms with Gasteiger partial charge in [0.25, 0.3) is 0 Å². The van der Waals surface area contributed by atoms with Gasteiger partial charge in [0.15, 0.2) is 0 Å². The zero-order valence-corrected chi connectivity index (χ0v) is 12.8. The average molecular weight is 261 g/mol. The first-order valence-corrected chi connectivity index (χ1v) is 7.66. The van der Waals surface area contributed by atoms with Gasteiger partial charge in [-0.25, -0.2) is 9.97 Å². The van der Waals surface area contributed by atoms with Crippen molar-refractivity contribution in [1.29, 1.82) is 0 Å². The Morgan fingerprint density at radius 1 is 1.21 bits per heavy atom. The third kappa shape index (κ3) is 3.53. The van der Waals surface area contributed by atoms with Gasteiger partial charge in [0.1, 0.15) is 5.82 Å². The standard InChI is InChI=1S/C16H27N3/c1-5-17-10-11(2)9-15-12(3)18-16(19-13(15)4)14-7-6-8-14/h11,14,17H,5-10H2,1-4H3. The highest BCUT2D eigenvalue weighted by atomic mass is 14.9. The number of rotatable bonds is 6. The van der Waals surface area contributed by atoms with Gasteiger partial charge in [-0.2, -0.15) is 0 Å². The maximum absolute atomic E-state index is 4.76. The summed E-state index contributed by atoms with van der Waals surface area (Å²) in [6, 6.07) is 0. The molecule has 1 heterocycles. The normalized spacial score (nSPS) is 17.3. The molecule has 0 spiro atoms. The van der Waals surface area contributed by atoms with Gasteiger partial charge in [0, 0.05) is 17.3 Å². The van der Waals surface area contributed by atoms with Crippen molar-refractivity contribution in [2.75, 3.05) is 13.1 Å². The van der Waals surface area contributed by atoms with Crippen molar-refractivity contribution in [3.8, 4) is 0 Å². The van der Waals surface area contributed by atoms with Crippen LogP contribution in [-0.2, 0) is 6.42 Å². The smallest absolute Gasteiger partial charge is 0.131 e. The Balaban J connectivity index is 2.07.